The van der Waals surface area contributed by atoms with Crippen LogP contribution < -0.4 is 5.32 Å². The number of benzene rings is 1. The van der Waals surface area contributed by atoms with Gasteiger partial charge < -0.3 is 10.4 Å². The Hall–Kier alpha value is -1.95. The van der Waals surface area contributed by atoms with Crippen molar-refractivity contribution in [2.45, 2.75) is 13.8 Å². The van der Waals surface area contributed by atoms with E-state index in [9.17, 15) is 14.9 Å². The Labute approximate surface area is 105 Å². The smallest absolute Gasteiger partial charge is 0.272 e. The second kappa shape index (κ2) is 6.11. The predicted octanol–water partition coefficient (Wildman–Crippen LogP) is 1.26. The molecule has 1 aromatic rings. The summed E-state index contributed by atoms with van der Waals surface area (Å²) in [4.78, 5) is 21.9. The molecule has 0 saturated heterocycles. The Balaban J connectivity index is 2.76. The first-order valence-electron chi connectivity index (χ1n) is 5.59. The molecule has 6 nitrogen and oxygen atoms in total. The Kier molecular flexibility index (Phi) is 4.79. The number of nitro benzene ring substituents is 1. The van der Waals surface area contributed by atoms with Gasteiger partial charge in [0.2, 0.25) is 0 Å². The maximum atomic E-state index is 11.7. The first kappa shape index (κ1) is 14.1. The zero-order valence-electron chi connectivity index (χ0n) is 10.3. The molecule has 98 valence electrons. The monoisotopic (exact) mass is 252 g/mol. The van der Waals surface area contributed by atoms with Crippen molar-refractivity contribution < 1.29 is 14.8 Å². The number of hydrogen-bond donors (Lipinski definition) is 2. The Morgan fingerprint density at radius 2 is 2.22 bits per heavy atom. The van der Waals surface area contributed by atoms with Crippen molar-refractivity contribution >= 4 is 11.6 Å². The predicted molar refractivity (Wildman–Crippen MR) is 66.4 cm³/mol. The van der Waals surface area contributed by atoms with Crippen molar-refractivity contribution in [3.63, 3.8) is 0 Å². The van der Waals surface area contributed by atoms with Gasteiger partial charge in [0.25, 0.3) is 11.6 Å². The molecule has 0 bridgehead atoms. The number of nitrogens with one attached hydrogen (secondary N) is 1. The molecule has 0 radical (unpaired) electrons. The number of carbonyl (C=O) groups excluding carboxylic acids is 1. The number of carbonyl (C=O) groups is 1. The molecule has 1 rings (SSSR count). The van der Waals surface area contributed by atoms with Crippen LogP contribution in [0.1, 0.15) is 22.8 Å². The number of rotatable bonds is 5. The molecule has 1 amide bonds. The molecule has 1 aromatic carbocycles. The van der Waals surface area contributed by atoms with Gasteiger partial charge in [-0.15, -0.1) is 0 Å². The highest BCUT2D eigenvalue weighted by molar-refractivity contribution is 5.94. The summed E-state index contributed by atoms with van der Waals surface area (Å²) in [7, 11) is 0. The van der Waals surface area contributed by atoms with E-state index in [4.69, 9.17) is 5.11 Å². The van der Waals surface area contributed by atoms with Gasteiger partial charge in [0.15, 0.2) is 0 Å². The standard InChI is InChI=1S/C12H16N2O4/c1-8(7-15)6-13-12(16)10-3-4-11(14(17)18)9(2)5-10/h3-5,8,15H,6-7H2,1-2H3,(H,13,16). The van der Waals surface area contributed by atoms with Gasteiger partial charge in [-0.05, 0) is 25.0 Å². The normalized spacial score (nSPS) is 11.9. The lowest BCUT2D eigenvalue weighted by Gasteiger charge is -2.09. The van der Waals surface area contributed by atoms with Crippen LogP contribution in [-0.4, -0.2) is 29.1 Å². The Morgan fingerprint density at radius 3 is 2.72 bits per heavy atom. The summed E-state index contributed by atoms with van der Waals surface area (Å²) in [5.74, 6) is -0.318. The minimum Gasteiger partial charge on any atom is -0.396 e. The minimum absolute atomic E-state index is 0.000427. The number of nitro groups is 1. The van der Waals surface area contributed by atoms with Gasteiger partial charge >= 0.3 is 0 Å². The van der Waals surface area contributed by atoms with E-state index in [2.05, 4.69) is 5.32 Å². The average Bonchev–Trinajstić information content (AvgIpc) is 2.34. The van der Waals surface area contributed by atoms with Crippen LogP contribution in [0.4, 0.5) is 5.69 Å². The molecule has 6 heteroatoms. The Bertz CT molecular complexity index is 459. The second-order valence-electron chi connectivity index (χ2n) is 4.26. The maximum absolute atomic E-state index is 11.7. The SMILES string of the molecule is Cc1cc(C(=O)NCC(C)CO)ccc1[N+](=O)[O-]. The topological polar surface area (TPSA) is 92.5 Å². The van der Waals surface area contributed by atoms with Crippen molar-refractivity contribution in [2.75, 3.05) is 13.2 Å². The van der Waals surface area contributed by atoms with Gasteiger partial charge in [0, 0.05) is 30.3 Å². The molecular formula is C12H16N2O4. The van der Waals surface area contributed by atoms with Gasteiger partial charge in [0.05, 0.1) is 4.92 Å². The number of aliphatic hydroxyl groups is 1. The fourth-order valence-corrected chi connectivity index (χ4v) is 1.44. The molecule has 0 aliphatic carbocycles. The zero-order valence-corrected chi connectivity index (χ0v) is 10.3. The largest absolute Gasteiger partial charge is 0.396 e. The first-order valence-corrected chi connectivity index (χ1v) is 5.59. The summed E-state index contributed by atoms with van der Waals surface area (Å²) >= 11 is 0. The van der Waals surface area contributed by atoms with Crippen LogP contribution in [0, 0.1) is 23.0 Å². The van der Waals surface area contributed by atoms with E-state index in [-0.39, 0.29) is 24.1 Å². The highest BCUT2D eigenvalue weighted by Crippen LogP contribution is 2.18. The van der Waals surface area contributed by atoms with Crippen molar-refractivity contribution in [3.05, 3.63) is 39.4 Å². The summed E-state index contributed by atoms with van der Waals surface area (Å²) in [6.45, 7) is 3.76. The molecule has 0 heterocycles. The summed E-state index contributed by atoms with van der Waals surface area (Å²) in [5.41, 5.74) is 0.821. The lowest BCUT2D eigenvalue weighted by atomic mass is 10.1. The quantitative estimate of drug-likeness (QED) is 0.609. The summed E-state index contributed by atoms with van der Waals surface area (Å²) in [5, 5.41) is 22.1. The Morgan fingerprint density at radius 1 is 1.56 bits per heavy atom. The van der Waals surface area contributed by atoms with E-state index in [1.807, 2.05) is 0 Å². The van der Waals surface area contributed by atoms with E-state index >= 15 is 0 Å². The summed E-state index contributed by atoms with van der Waals surface area (Å²) < 4.78 is 0. The van der Waals surface area contributed by atoms with Gasteiger partial charge in [-0.2, -0.15) is 0 Å². The molecule has 0 aliphatic rings. The van der Waals surface area contributed by atoms with Crippen LogP contribution in [0.5, 0.6) is 0 Å². The fourth-order valence-electron chi connectivity index (χ4n) is 1.44. The fraction of sp³-hybridized carbons (Fsp3) is 0.417. The van der Waals surface area contributed by atoms with E-state index < -0.39 is 4.92 Å². The van der Waals surface area contributed by atoms with Crippen LogP contribution in [-0.2, 0) is 0 Å². The number of nitrogens with zero attached hydrogens (tertiary/aromatic N) is 1. The second-order valence-corrected chi connectivity index (χ2v) is 4.26. The number of amides is 1. The highest BCUT2D eigenvalue weighted by Gasteiger charge is 2.13. The van der Waals surface area contributed by atoms with Crippen molar-refractivity contribution in [2.24, 2.45) is 5.92 Å². The van der Waals surface area contributed by atoms with E-state index in [1.54, 1.807) is 13.8 Å². The molecule has 0 aromatic heterocycles. The molecule has 1 atom stereocenters. The number of aliphatic hydroxyl groups excluding tert-OH is 1. The van der Waals surface area contributed by atoms with Gasteiger partial charge in [-0.1, -0.05) is 6.92 Å². The van der Waals surface area contributed by atoms with Crippen molar-refractivity contribution in [1.82, 2.24) is 5.32 Å². The molecule has 0 spiro atoms. The minimum atomic E-state index is -0.481. The summed E-state index contributed by atoms with van der Waals surface area (Å²) in [6, 6.07) is 4.22. The lowest BCUT2D eigenvalue weighted by Crippen LogP contribution is -2.29. The maximum Gasteiger partial charge on any atom is 0.272 e. The van der Waals surface area contributed by atoms with Crippen LogP contribution in [0.15, 0.2) is 18.2 Å². The van der Waals surface area contributed by atoms with Crippen LogP contribution >= 0.6 is 0 Å². The molecule has 2 N–H and O–H groups in total. The zero-order chi connectivity index (χ0) is 13.7. The van der Waals surface area contributed by atoms with Crippen LogP contribution in [0.25, 0.3) is 0 Å². The summed E-state index contributed by atoms with van der Waals surface area (Å²) in [6.07, 6.45) is 0. The van der Waals surface area contributed by atoms with E-state index in [0.29, 0.717) is 17.7 Å². The average molecular weight is 252 g/mol. The van der Waals surface area contributed by atoms with E-state index in [0.717, 1.165) is 0 Å². The number of aryl methyl sites for hydroxylation is 1. The van der Waals surface area contributed by atoms with Crippen LogP contribution in [0.3, 0.4) is 0 Å². The third-order valence-electron chi connectivity index (χ3n) is 2.58. The van der Waals surface area contributed by atoms with E-state index in [1.165, 1.54) is 18.2 Å². The third-order valence-corrected chi connectivity index (χ3v) is 2.58. The lowest BCUT2D eigenvalue weighted by molar-refractivity contribution is -0.385. The number of hydrogen-bond acceptors (Lipinski definition) is 4. The molecule has 18 heavy (non-hydrogen) atoms. The van der Waals surface area contributed by atoms with Crippen LogP contribution in [0.2, 0.25) is 0 Å². The molecule has 0 aliphatic heterocycles. The molecule has 0 saturated carbocycles. The highest BCUT2D eigenvalue weighted by atomic mass is 16.6. The van der Waals surface area contributed by atoms with Gasteiger partial charge in [-0.3, -0.25) is 14.9 Å². The van der Waals surface area contributed by atoms with Crippen molar-refractivity contribution in [3.8, 4) is 0 Å². The molecule has 1 unspecified atom stereocenters. The molecular weight excluding hydrogens is 236 g/mol. The third kappa shape index (κ3) is 3.53. The van der Waals surface area contributed by atoms with Gasteiger partial charge in [0.1, 0.15) is 0 Å². The van der Waals surface area contributed by atoms with Crippen molar-refractivity contribution in [1.29, 1.82) is 0 Å². The molecule has 0 fully saturated rings. The van der Waals surface area contributed by atoms with Gasteiger partial charge in [-0.25, -0.2) is 0 Å². The first-order chi connectivity index (χ1) is 8.45.